The number of unbranched alkanes of at least 4 members (excludes halogenated alkanes) is 2. The van der Waals surface area contributed by atoms with E-state index >= 15 is 0 Å². The SMILES string of the molecule is C=CC(=O)OC(CCCCC)NS(=O)(=O)C(F)(F)C(F)(F)C(F)(F)C(F)(F)C(F)(F)C(F)(F)C(F)(F)C(F)(F)F. The van der Waals surface area contributed by atoms with E-state index in [0.717, 1.165) is 0 Å². The molecule has 0 aliphatic carbocycles. The zero-order valence-electron chi connectivity index (χ0n) is 19.2. The predicted molar refractivity (Wildman–Crippen MR) is 97.0 cm³/mol. The van der Waals surface area contributed by atoms with Gasteiger partial charge in [-0.1, -0.05) is 26.3 Å². The first kappa shape index (κ1) is 37.9. The normalized spacial score (nSPS) is 16.1. The fourth-order valence-electron chi connectivity index (χ4n) is 2.48. The van der Waals surface area contributed by atoms with Crippen LogP contribution in [0.25, 0.3) is 0 Å². The van der Waals surface area contributed by atoms with Gasteiger partial charge in [0.2, 0.25) is 0 Å². The molecule has 0 spiro atoms. The number of ether oxygens (including phenoxy) is 1. The van der Waals surface area contributed by atoms with Crippen molar-refractivity contribution >= 4 is 16.0 Å². The molecule has 0 saturated heterocycles. The van der Waals surface area contributed by atoms with Gasteiger partial charge in [0.05, 0.1) is 0 Å². The smallest absolute Gasteiger partial charge is 0.442 e. The summed E-state index contributed by atoms with van der Waals surface area (Å²) >= 11 is 0. The van der Waals surface area contributed by atoms with Crippen LogP contribution in [0.5, 0.6) is 0 Å². The summed E-state index contributed by atoms with van der Waals surface area (Å²) in [6.45, 7) is 4.25. The Morgan fingerprint density at radius 3 is 1.45 bits per heavy atom. The molecule has 1 unspecified atom stereocenters. The lowest BCUT2D eigenvalue weighted by molar-refractivity contribution is -0.458. The molecule has 238 valence electrons. The molecular formula is C17H16F17NO4S. The fourth-order valence-corrected chi connectivity index (χ4v) is 3.60. The summed E-state index contributed by atoms with van der Waals surface area (Å²) in [5.41, 5.74) is 0. The quantitative estimate of drug-likeness (QED) is 0.0720. The highest BCUT2D eigenvalue weighted by Crippen LogP contribution is 2.64. The van der Waals surface area contributed by atoms with Crippen LogP contribution in [-0.2, 0) is 19.6 Å². The number of carbonyl (C=O) groups is 1. The lowest BCUT2D eigenvalue weighted by Gasteiger charge is -2.42. The molecule has 0 saturated carbocycles. The van der Waals surface area contributed by atoms with Gasteiger partial charge in [-0.05, 0) is 12.8 Å². The Morgan fingerprint density at radius 1 is 0.725 bits per heavy atom. The summed E-state index contributed by atoms with van der Waals surface area (Å²) in [7, 11) is -7.60. The second kappa shape index (κ2) is 11.3. The number of nitrogens with one attached hydrogen (secondary N) is 1. The van der Waals surface area contributed by atoms with Crippen molar-refractivity contribution in [2.24, 2.45) is 0 Å². The highest BCUT2D eigenvalue weighted by molar-refractivity contribution is 7.90. The summed E-state index contributed by atoms with van der Waals surface area (Å²) in [5.74, 6) is -53.8. The average Bonchev–Trinajstić information content (AvgIpc) is 2.76. The molecule has 0 rings (SSSR count). The third-order valence-corrected chi connectivity index (χ3v) is 6.32. The highest BCUT2D eigenvalue weighted by Gasteiger charge is 2.96. The maximum atomic E-state index is 14.1. The average molecular weight is 653 g/mol. The van der Waals surface area contributed by atoms with E-state index in [2.05, 4.69) is 11.3 Å². The zero-order valence-corrected chi connectivity index (χ0v) is 20.0. The van der Waals surface area contributed by atoms with Crippen molar-refractivity contribution in [3.8, 4) is 0 Å². The molecule has 0 aromatic heterocycles. The highest BCUT2D eigenvalue weighted by atomic mass is 32.2. The third-order valence-electron chi connectivity index (χ3n) is 4.81. The lowest BCUT2D eigenvalue weighted by atomic mass is 9.91. The van der Waals surface area contributed by atoms with Crippen molar-refractivity contribution in [3.05, 3.63) is 12.7 Å². The standard InChI is InChI=1S/C17H16F17NO4S/c1-3-5-6-7-8(39-9(36)4-2)35-40(37,38)17(33,34)15(28,29)13(24,25)11(20,21)10(18,19)12(22,23)14(26,27)16(30,31)32/h4,8,35H,2-3,5-7H2,1H3. The maximum Gasteiger partial charge on any atom is 0.460 e. The molecule has 5 nitrogen and oxygen atoms in total. The minimum atomic E-state index is -8.93. The van der Waals surface area contributed by atoms with Gasteiger partial charge in [0.1, 0.15) is 0 Å². The molecule has 40 heavy (non-hydrogen) atoms. The van der Waals surface area contributed by atoms with Crippen LogP contribution in [0.3, 0.4) is 0 Å². The van der Waals surface area contributed by atoms with Crippen LogP contribution in [0.2, 0.25) is 0 Å². The number of hydrogen-bond donors (Lipinski definition) is 1. The minimum absolute atomic E-state index is 0.0760. The Morgan fingerprint density at radius 2 is 1.10 bits per heavy atom. The van der Waals surface area contributed by atoms with Gasteiger partial charge in [-0.3, -0.25) is 0 Å². The molecule has 1 N–H and O–H groups in total. The Bertz CT molecular complexity index is 1020. The van der Waals surface area contributed by atoms with E-state index in [1.54, 1.807) is 0 Å². The van der Waals surface area contributed by atoms with Crippen molar-refractivity contribution in [1.82, 2.24) is 4.72 Å². The first-order valence-corrected chi connectivity index (χ1v) is 11.4. The molecule has 0 heterocycles. The second-order valence-corrected chi connectivity index (χ2v) is 9.46. The van der Waals surface area contributed by atoms with Crippen LogP contribution >= 0.6 is 0 Å². The topological polar surface area (TPSA) is 72.5 Å². The first-order chi connectivity index (χ1) is 17.4. The summed E-state index contributed by atoms with van der Waals surface area (Å²) in [6, 6.07) is 0. The van der Waals surface area contributed by atoms with Crippen LogP contribution < -0.4 is 4.72 Å². The van der Waals surface area contributed by atoms with Gasteiger partial charge >= 0.3 is 52.9 Å². The molecular weight excluding hydrogens is 637 g/mol. The van der Waals surface area contributed by atoms with Crippen LogP contribution in [0.1, 0.15) is 32.6 Å². The molecule has 0 amide bonds. The number of sulfonamides is 1. The van der Waals surface area contributed by atoms with Crippen molar-refractivity contribution in [2.45, 2.75) is 85.8 Å². The van der Waals surface area contributed by atoms with Gasteiger partial charge in [-0.2, -0.15) is 79.4 Å². The van der Waals surface area contributed by atoms with Crippen molar-refractivity contribution < 1.29 is 92.6 Å². The Kier molecular flexibility index (Phi) is 10.7. The largest absolute Gasteiger partial charge is 0.460 e. The van der Waals surface area contributed by atoms with E-state index < -0.39 is 75.6 Å². The van der Waals surface area contributed by atoms with Gasteiger partial charge in [-0.15, -0.1) is 0 Å². The molecule has 1 atom stereocenters. The number of rotatable bonds is 15. The summed E-state index contributed by atoms with van der Waals surface area (Å²) in [6.07, 6.45) is -11.2. The second-order valence-electron chi connectivity index (χ2n) is 7.71. The molecule has 0 radical (unpaired) electrons. The molecule has 0 fully saturated rings. The predicted octanol–water partition coefficient (Wildman–Crippen LogP) is 6.51. The van der Waals surface area contributed by atoms with Crippen LogP contribution in [-0.4, -0.2) is 67.6 Å². The minimum Gasteiger partial charge on any atom is -0.442 e. The maximum absolute atomic E-state index is 14.1. The Labute approximate surface area is 212 Å². The van der Waals surface area contributed by atoms with Crippen molar-refractivity contribution in [1.29, 1.82) is 0 Å². The molecule has 0 aromatic carbocycles. The Hall–Kier alpha value is -2.07. The molecule has 23 heteroatoms. The van der Waals surface area contributed by atoms with Crippen LogP contribution in [0.15, 0.2) is 12.7 Å². The van der Waals surface area contributed by atoms with Crippen LogP contribution in [0.4, 0.5) is 74.6 Å². The Balaban J connectivity index is 6.82. The molecule has 0 aromatic rings. The van der Waals surface area contributed by atoms with Crippen LogP contribution in [0, 0.1) is 0 Å². The summed E-state index contributed by atoms with van der Waals surface area (Å²) < 4.78 is 255. The monoisotopic (exact) mass is 653 g/mol. The van der Waals surface area contributed by atoms with E-state index in [4.69, 9.17) is 0 Å². The van der Waals surface area contributed by atoms with Gasteiger partial charge in [0, 0.05) is 6.08 Å². The van der Waals surface area contributed by atoms with Gasteiger partial charge in [0.25, 0.3) is 10.0 Å². The van der Waals surface area contributed by atoms with Gasteiger partial charge < -0.3 is 4.74 Å². The number of halogens is 17. The zero-order chi connectivity index (χ0) is 32.6. The van der Waals surface area contributed by atoms with E-state index in [9.17, 15) is 87.8 Å². The van der Waals surface area contributed by atoms with E-state index in [1.165, 1.54) is 6.92 Å². The van der Waals surface area contributed by atoms with Gasteiger partial charge in [-0.25, -0.2) is 13.2 Å². The molecule has 0 bridgehead atoms. The van der Waals surface area contributed by atoms with Gasteiger partial charge in [0.15, 0.2) is 6.23 Å². The number of esters is 1. The lowest BCUT2D eigenvalue weighted by Crippen LogP contribution is -2.75. The molecule has 0 aliphatic rings. The van der Waals surface area contributed by atoms with E-state index in [1.807, 2.05) is 0 Å². The summed E-state index contributed by atoms with van der Waals surface area (Å²) in [5, 5.41) is -7.76. The third kappa shape index (κ3) is 5.94. The number of hydrogen-bond acceptors (Lipinski definition) is 4. The van der Waals surface area contributed by atoms with E-state index in [0.29, 0.717) is 4.72 Å². The first-order valence-electron chi connectivity index (χ1n) is 9.95. The van der Waals surface area contributed by atoms with E-state index in [-0.39, 0.29) is 25.3 Å². The van der Waals surface area contributed by atoms with Crippen molar-refractivity contribution in [3.63, 3.8) is 0 Å². The molecule has 0 aliphatic heterocycles. The fraction of sp³-hybridized carbons (Fsp3) is 0.824. The number of carbonyl (C=O) groups excluding carboxylic acids is 1. The van der Waals surface area contributed by atoms with Crippen molar-refractivity contribution in [2.75, 3.05) is 0 Å². The number of alkyl halides is 17. The summed E-state index contributed by atoms with van der Waals surface area (Å²) in [4.78, 5) is 11.2.